The molecule has 55 heavy (non-hydrogen) atoms. The monoisotopic (exact) mass is 825 g/mol. The van der Waals surface area contributed by atoms with Crippen LogP contribution in [0.2, 0.25) is 0 Å². The summed E-state index contributed by atoms with van der Waals surface area (Å²) in [5, 5.41) is 0. The third-order valence-corrected chi connectivity index (χ3v) is 13.7. The molecule has 0 spiro atoms. The van der Waals surface area contributed by atoms with E-state index in [1.54, 1.807) is 11.8 Å². The number of thiocarbonyl (C=S) groups is 2. The summed E-state index contributed by atoms with van der Waals surface area (Å²) in [6.45, 7) is 13.7. The van der Waals surface area contributed by atoms with E-state index < -0.39 is 0 Å². The molecule has 0 N–H and O–H groups in total. The van der Waals surface area contributed by atoms with Crippen molar-refractivity contribution in [3.63, 3.8) is 0 Å². The van der Waals surface area contributed by atoms with Gasteiger partial charge in [-0.15, -0.1) is 0 Å². The van der Waals surface area contributed by atoms with E-state index in [1.807, 2.05) is 0 Å². The van der Waals surface area contributed by atoms with Gasteiger partial charge in [-0.05, 0) is 37.4 Å². The van der Waals surface area contributed by atoms with Crippen molar-refractivity contribution in [1.82, 2.24) is 9.80 Å². The lowest BCUT2D eigenvalue weighted by Gasteiger charge is -2.29. The molecular formula is C50H100N2S3. The second kappa shape index (κ2) is 46.8. The van der Waals surface area contributed by atoms with Crippen LogP contribution in [0.1, 0.15) is 285 Å². The van der Waals surface area contributed by atoms with E-state index in [9.17, 15) is 0 Å². The topological polar surface area (TPSA) is 6.48 Å². The molecule has 5 heteroatoms. The highest BCUT2D eigenvalue weighted by molar-refractivity contribution is 8.37. The highest BCUT2D eigenvalue weighted by atomic mass is 32.2. The lowest BCUT2D eigenvalue weighted by atomic mass is 10.1. The summed E-state index contributed by atoms with van der Waals surface area (Å²) in [5.74, 6) is 0. The molecule has 0 aliphatic rings. The Labute approximate surface area is 363 Å². The Hall–Kier alpha value is 0.130. The molecule has 0 radical (unpaired) electrons. The standard InChI is InChI=1S/C50H100N2S3/c1-5-9-13-17-21-25-29-33-37-41-45-51(46-42-38-34-30-26-22-18-14-10-6-2)49(53)55-50(54)52(47-43-39-35-31-27-23-19-15-11-7-3)48-44-40-36-32-28-24-20-16-12-8-4/h5-48H2,1-4H3. The zero-order valence-electron chi connectivity index (χ0n) is 38.2. The quantitative estimate of drug-likeness (QED) is 0.0445. The van der Waals surface area contributed by atoms with Crippen LogP contribution in [-0.4, -0.2) is 44.6 Å². The van der Waals surface area contributed by atoms with Gasteiger partial charge in [0, 0.05) is 26.2 Å². The van der Waals surface area contributed by atoms with Gasteiger partial charge in [0.2, 0.25) is 0 Å². The molecule has 0 atom stereocenters. The van der Waals surface area contributed by atoms with Crippen LogP contribution in [-0.2, 0) is 0 Å². The van der Waals surface area contributed by atoms with Crippen LogP contribution in [0.25, 0.3) is 0 Å². The fourth-order valence-corrected chi connectivity index (χ4v) is 9.72. The van der Waals surface area contributed by atoms with Crippen molar-refractivity contribution < 1.29 is 0 Å². The molecule has 0 amide bonds. The maximum atomic E-state index is 6.23. The molecular weight excluding hydrogens is 725 g/mol. The van der Waals surface area contributed by atoms with Gasteiger partial charge in [-0.3, -0.25) is 0 Å². The molecule has 0 fully saturated rings. The summed E-state index contributed by atoms with van der Waals surface area (Å²) in [4.78, 5) is 5.11. The SMILES string of the molecule is CCCCCCCCCCCCN(CCCCCCCCCCCC)C(=S)SC(=S)N(CCCCCCCCCCCC)CCCCCCCCCCCC. The summed E-state index contributed by atoms with van der Waals surface area (Å²) < 4.78 is 2.10. The van der Waals surface area contributed by atoms with Crippen molar-refractivity contribution in [2.24, 2.45) is 0 Å². The predicted octanol–water partition coefficient (Wildman–Crippen LogP) is 18.6. The van der Waals surface area contributed by atoms with E-state index in [4.69, 9.17) is 24.4 Å². The van der Waals surface area contributed by atoms with Gasteiger partial charge < -0.3 is 9.80 Å². The van der Waals surface area contributed by atoms with Gasteiger partial charge in [0.15, 0.2) is 0 Å². The number of hydrogen-bond donors (Lipinski definition) is 0. The fraction of sp³-hybridized carbons (Fsp3) is 0.960. The zero-order valence-corrected chi connectivity index (χ0v) is 40.7. The first-order valence-electron chi connectivity index (χ1n) is 25.4. The van der Waals surface area contributed by atoms with Crippen molar-refractivity contribution in [3.05, 3.63) is 0 Å². The van der Waals surface area contributed by atoms with Crippen molar-refractivity contribution in [1.29, 1.82) is 0 Å². The second-order valence-electron chi connectivity index (χ2n) is 17.3. The maximum Gasteiger partial charge on any atom is 0.143 e. The van der Waals surface area contributed by atoms with Crippen molar-refractivity contribution in [2.75, 3.05) is 26.2 Å². The molecule has 0 rings (SSSR count). The van der Waals surface area contributed by atoms with E-state index in [-0.39, 0.29) is 0 Å². The second-order valence-corrected chi connectivity index (χ2v) is 19.6. The van der Waals surface area contributed by atoms with Crippen molar-refractivity contribution in [3.8, 4) is 0 Å². The molecule has 0 aromatic rings. The van der Waals surface area contributed by atoms with E-state index >= 15 is 0 Å². The first-order chi connectivity index (χ1) is 27.1. The molecule has 0 heterocycles. The van der Waals surface area contributed by atoms with Crippen LogP contribution < -0.4 is 0 Å². The molecule has 0 aliphatic carbocycles. The molecule has 0 aromatic carbocycles. The molecule has 2 nitrogen and oxygen atoms in total. The van der Waals surface area contributed by atoms with Crippen molar-refractivity contribution >= 4 is 44.8 Å². The average Bonchev–Trinajstić information content (AvgIpc) is 3.18. The van der Waals surface area contributed by atoms with Crippen LogP contribution in [0, 0.1) is 0 Å². The Kier molecular flexibility index (Phi) is 46.9. The van der Waals surface area contributed by atoms with Crippen molar-refractivity contribution in [2.45, 2.75) is 285 Å². The number of hydrogen-bond acceptors (Lipinski definition) is 3. The van der Waals surface area contributed by atoms with Gasteiger partial charge in [-0.2, -0.15) is 0 Å². The van der Waals surface area contributed by atoms with E-state index in [0.717, 1.165) is 34.8 Å². The Morgan fingerprint density at radius 3 is 0.564 bits per heavy atom. The first kappa shape index (κ1) is 55.1. The van der Waals surface area contributed by atoms with Gasteiger partial charge in [0.1, 0.15) is 8.64 Å². The Morgan fingerprint density at radius 2 is 0.400 bits per heavy atom. The van der Waals surface area contributed by atoms with Crippen LogP contribution in [0.4, 0.5) is 0 Å². The molecule has 0 aliphatic heterocycles. The number of unbranched alkanes of at least 4 members (excludes halogenated alkanes) is 36. The highest BCUT2D eigenvalue weighted by Crippen LogP contribution is 2.21. The third-order valence-electron chi connectivity index (χ3n) is 11.8. The molecule has 0 saturated carbocycles. The predicted molar refractivity (Wildman–Crippen MR) is 263 cm³/mol. The fourth-order valence-electron chi connectivity index (χ4n) is 7.95. The third kappa shape index (κ3) is 40.7. The van der Waals surface area contributed by atoms with Gasteiger partial charge >= 0.3 is 0 Å². The van der Waals surface area contributed by atoms with Crippen LogP contribution >= 0.6 is 36.2 Å². The summed E-state index contributed by atoms with van der Waals surface area (Å²) >= 11 is 14.2. The van der Waals surface area contributed by atoms with Gasteiger partial charge in [0.25, 0.3) is 0 Å². The molecule has 0 unspecified atom stereocenters. The smallest absolute Gasteiger partial charge is 0.143 e. The highest BCUT2D eigenvalue weighted by Gasteiger charge is 2.17. The Morgan fingerprint density at radius 1 is 0.255 bits per heavy atom. The van der Waals surface area contributed by atoms with Gasteiger partial charge in [-0.25, -0.2) is 0 Å². The van der Waals surface area contributed by atoms with E-state index in [2.05, 4.69) is 37.5 Å². The summed E-state index contributed by atoms with van der Waals surface area (Å²) in [5.41, 5.74) is 0. The average molecular weight is 826 g/mol. The molecule has 0 bridgehead atoms. The van der Waals surface area contributed by atoms with Gasteiger partial charge in [0.05, 0.1) is 0 Å². The Balaban J connectivity index is 4.96. The Bertz CT molecular complexity index is 664. The zero-order chi connectivity index (χ0) is 40.1. The summed E-state index contributed by atoms with van der Waals surface area (Å²) in [6.07, 6.45) is 55.4. The van der Waals surface area contributed by atoms with E-state index in [0.29, 0.717) is 0 Å². The molecule has 328 valence electrons. The van der Waals surface area contributed by atoms with Crippen LogP contribution in [0.5, 0.6) is 0 Å². The normalized spacial score (nSPS) is 11.4. The maximum absolute atomic E-state index is 6.23. The summed E-state index contributed by atoms with van der Waals surface area (Å²) in [7, 11) is 0. The summed E-state index contributed by atoms with van der Waals surface area (Å²) in [6, 6.07) is 0. The molecule has 0 saturated heterocycles. The first-order valence-corrected chi connectivity index (χ1v) is 27.0. The minimum absolute atomic E-state index is 1.05. The van der Waals surface area contributed by atoms with Crippen LogP contribution in [0.15, 0.2) is 0 Å². The molecule has 0 aromatic heterocycles. The lowest BCUT2D eigenvalue weighted by Crippen LogP contribution is -2.35. The number of nitrogens with zero attached hydrogens (tertiary/aromatic N) is 2. The minimum atomic E-state index is 1.05. The van der Waals surface area contributed by atoms with Gasteiger partial charge in [-0.1, -0.05) is 283 Å². The largest absolute Gasteiger partial charge is 0.357 e. The lowest BCUT2D eigenvalue weighted by molar-refractivity contribution is 0.391. The minimum Gasteiger partial charge on any atom is -0.357 e. The van der Waals surface area contributed by atoms with Crippen LogP contribution in [0.3, 0.4) is 0 Å². The van der Waals surface area contributed by atoms with E-state index in [1.165, 1.54) is 257 Å². The number of rotatable bonds is 44. The number of thioether (sulfide) groups is 1.